The standard InChI is InChI=1S/C16H10BrNO2S/c17-12-8-4-5-9-13(12)18-15(19)10-14(21-18)16(20)11-6-2-1-3-7-11/h1-10H. The molecule has 0 aliphatic heterocycles. The molecule has 0 saturated heterocycles. The first-order valence-corrected chi connectivity index (χ1v) is 7.81. The lowest BCUT2D eigenvalue weighted by Crippen LogP contribution is -2.09. The highest BCUT2D eigenvalue weighted by Gasteiger charge is 2.15. The molecule has 0 aliphatic rings. The summed E-state index contributed by atoms with van der Waals surface area (Å²) in [4.78, 5) is 24.9. The van der Waals surface area contributed by atoms with Crippen LogP contribution in [0.25, 0.3) is 5.69 Å². The molecule has 2 aromatic carbocycles. The number of hydrogen-bond donors (Lipinski definition) is 0. The molecular formula is C16H10BrNO2S. The minimum atomic E-state index is -0.203. The third-order valence-corrected chi connectivity index (χ3v) is 4.71. The molecule has 0 unspecified atom stereocenters. The molecule has 1 heterocycles. The summed E-state index contributed by atoms with van der Waals surface area (Å²) in [6.45, 7) is 0. The van der Waals surface area contributed by atoms with Crippen molar-refractivity contribution in [2.45, 2.75) is 0 Å². The van der Waals surface area contributed by atoms with Crippen LogP contribution in [0.4, 0.5) is 0 Å². The number of aromatic nitrogens is 1. The second kappa shape index (κ2) is 5.79. The van der Waals surface area contributed by atoms with E-state index in [9.17, 15) is 9.59 Å². The van der Waals surface area contributed by atoms with E-state index in [0.717, 1.165) is 21.7 Å². The molecule has 0 saturated carbocycles. The number of carbonyl (C=O) groups is 1. The van der Waals surface area contributed by atoms with Crippen molar-refractivity contribution in [2.24, 2.45) is 0 Å². The normalized spacial score (nSPS) is 10.5. The van der Waals surface area contributed by atoms with Crippen LogP contribution < -0.4 is 5.56 Å². The van der Waals surface area contributed by atoms with Gasteiger partial charge in [0, 0.05) is 16.1 Å². The lowest BCUT2D eigenvalue weighted by molar-refractivity contribution is 0.104. The Morgan fingerprint density at radius 2 is 1.67 bits per heavy atom. The van der Waals surface area contributed by atoms with Crippen LogP contribution in [0.15, 0.2) is 69.9 Å². The zero-order chi connectivity index (χ0) is 14.8. The average Bonchev–Trinajstić information content (AvgIpc) is 2.90. The Hall–Kier alpha value is -1.98. The molecule has 1 aromatic heterocycles. The number of carbonyl (C=O) groups excluding carboxylic acids is 1. The van der Waals surface area contributed by atoms with Gasteiger partial charge in [0.15, 0.2) is 0 Å². The van der Waals surface area contributed by atoms with E-state index in [0.29, 0.717) is 10.4 Å². The molecule has 3 nitrogen and oxygen atoms in total. The first-order chi connectivity index (χ1) is 10.2. The minimum Gasteiger partial charge on any atom is -0.288 e. The molecule has 0 fully saturated rings. The van der Waals surface area contributed by atoms with Crippen molar-refractivity contribution in [1.29, 1.82) is 0 Å². The van der Waals surface area contributed by atoms with E-state index in [1.165, 1.54) is 10.0 Å². The largest absolute Gasteiger partial charge is 0.288 e. The highest BCUT2D eigenvalue weighted by Crippen LogP contribution is 2.23. The van der Waals surface area contributed by atoms with Crippen molar-refractivity contribution in [3.8, 4) is 5.69 Å². The molecule has 21 heavy (non-hydrogen) atoms. The second-order valence-corrected chi connectivity index (χ2v) is 6.22. The topological polar surface area (TPSA) is 39.1 Å². The summed E-state index contributed by atoms with van der Waals surface area (Å²) in [5.74, 6) is -0.136. The first kappa shape index (κ1) is 14.0. The Morgan fingerprint density at radius 3 is 2.38 bits per heavy atom. The van der Waals surface area contributed by atoms with E-state index < -0.39 is 0 Å². The van der Waals surface area contributed by atoms with Gasteiger partial charge in [-0.2, -0.15) is 0 Å². The number of hydrogen-bond acceptors (Lipinski definition) is 3. The molecule has 0 atom stereocenters. The van der Waals surface area contributed by atoms with Crippen LogP contribution in [0.3, 0.4) is 0 Å². The second-order valence-electron chi connectivity index (χ2n) is 4.38. The Balaban J connectivity index is 2.05. The summed E-state index contributed by atoms with van der Waals surface area (Å²) in [7, 11) is 0. The van der Waals surface area contributed by atoms with Gasteiger partial charge in [0.1, 0.15) is 0 Å². The summed E-state index contributed by atoms with van der Waals surface area (Å²) in [5.41, 5.74) is 1.11. The van der Waals surface area contributed by atoms with Gasteiger partial charge in [0.05, 0.1) is 10.6 Å². The summed E-state index contributed by atoms with van der Waals surface area (Å²) < 4.78 is 2.33. The van der Waals surface area contributed by atoms with E-state index in [1.54, 1.807) is 24.3 Å². The van der Waals surface area contributed by atoms with Crippen molar-refractivity contribution in [2.75, 3.05) is 0 Å². The van der Waals surface area contributed by atoms with Crippen molar-refractivity contribution >= 4 is 33.2 Å². The van der Waals surface area contributed by atoms with Crippen LogP contribution in [-0.4, -0.2) is 9.74 Å². The number of rotatable bonds is 3. The molecule has 3 aromatic rings. The fourth-order valence-electron chi connectivity index (χ4n) is 1.96. The molecule has 0 N–H and O–H groups in total. The molecule has 3 rings (SSSR count). The van der Waals surface area contributed by atoms with Gasteiger partial charge in [-0.3, -0.25) is 9.59 Å². The predicted octanol–water partition coefficient (Wildman–Crippen LogP) is 3.89. The van der Waals surface area contributed by atoms with E-state index in [1.807, 2.05) is 30.3 Å². The van der Waals surface area contributed by atoms with E-state index in [2.05, 4.69) is 15.9 Å². The number of para-hydroxylation sites is 1. The molecule has 0 aliphatic carbocycles. The summed E-state index contributed by atoms with van der Waals surface area (Å²) in [5, 5.41) is 0. The lowest BCUT2D eigenvalue weighted by Gasteiger charge is -2.02. The molecule has 0 radical (unpaired) electrons. The Labute approximate surface area is 133 Å². The fraction of sp³-hybridized carbons (Fsp3) is 0. The van der Waals surface area contributed by atoms with Crippen LogP contribution in [0.5, 0.6) is 0 Å². The minimum absolute atomic E-state index is 0.136. The number of halogens is 1. The Morgan fingerprint density at radius 1 is 1.00 bits per heavy atom. The van der Waals surface area contributed by atoms with E-state index in [-0.39, 0.29) is 11.3 Å². The zero-order valence-corrected chi connectivity index (χ0v) is 13.2. The van der Waals surface area contributed by atoms with Gasteiger partial charge >= 0.3 is 0 Å². The maximum Gasteiger partial charge on any atom is 0.266 e. The Kier molecular flexibility index (Phi) is 3.86. The highest BCUT2D eigenvalue weighted by molar-refractivity contribution is 9.10. The Bertz CT molecular complexity index is 852. The third-order valence-electron chi connectivity index (χ3n) is 2.98. The highest BCUT2D eigenvalue weighted by atomic mass is 79.9. The maximum absolute atomic E-state index is 12.4. The van der Waals surface area contributed by atoms with Gasteiger partial charge in [-0.1, -0.05) is 42.5 Å². The summed E-state index contributed by atoms with van der Waals surface area (Å²) in [6, 6.07) is 17.8. The van der Waals surface area contributed by atoms with Crippen molar-refractivity contribution in [3.05, 3.63) is 85.9 Å². The van der Waals surface area contributed by atoms with E-state index in [4.69, 9.17) is 0 Å². The van der Waals surface area contributed by atoms with Crippen molar-refractivity contribution in [3.63, 3.8) is 0 Å². The molecular weight excluding hydrogens is 350 g/mol. The van der Waals surface area contributed by atoms with Gasteiger partial charge < -0.3 is 0 Å². The third kappa shape index (κ3) is 2.75. The predicted molar refractivity (Wildman–Crippen MR) is 87.5 cm³/mol. The van der Waals surface area contributed by atoms with Crippen molar-refractivity contribution in [1.82, 2.24) is 3.96 Å². The molecule has 104 valence electrons. The smallest absolute Gasteiger partial charge is 0.266 e. The van der Waals surface area contributed by atoms with Crippen LogP contribution in [-0.2, 0) is 0 Å². The maximum atomic E-state index is 12.4. The van der Waals surface area contributed by atoms with Gasteiger partial charge in [-0.15, -0.1) is 0 Å². The summed E-state index contributed by atoms with van der Waals surface area (Å²) >= 11 is 4.57. The summed E-state index contributed by atoms with van der Waals surface area (Å²) in [6.07, 6.45) is 0. The van der Waals surface area contributed by atoms with Gasteiger partial charge in [0.2, 0.25) is 5.78 Å². The molecule has 0 amide bonds. The number of ketones is 1. The van der Waals surface area contributed by atoms with Crippen LogP contribution >= 0.6 is 27.5 Å². The van der Waals surface area contributed by atoms with Gasteiger partial charge in [-0.05, 0) is 39.6 Å². The van der Waals surface area contributed by atoms with Gasteiger partial charge in [0.25, 0.3) is 5.56 Å². The zero-order valence-electron chi connectivity index (χ0n) is 10.8. The number of benzene rings is 2. The molecule has 0 spiro atoms. The SMILES string of the molecule is O=C(c1ccccc1)c1cc(=O)n(-c2ccccc2Br)s1. The first-order valence-electron chi connectivity index (χ1n) is 6.25. The molecule has 5 heteroatoms. The van der Waals surface area contributed by atoms with Crippen LogP contribution in [0.2, 0.25) is 0 Å². The quantitative estimate of drug-likeness (QED) is 0.665. The average molecular weight is 360 g/mol. The van der Waals surface area contributed by atoms with E-state index >= 15 is 0 Å². The van der Waals surface area contributed by atoms with Crippen LogP contribution in [0, 0.1) is 0 Å². The molecule has 0 bridgehead atoms. The van der Waals surface area contributed by atoms with Gasteiger partial charge in [-0.25, -0.2) is 3.96 Å². The van der Waals surface area contributed by atoms with Crippen LogP contribution in [0.1, 0.15) is 15.2 Å². The lowest BCUT2D eigenvalue weighted by atomic mass is 10.1. The number of nitrogens with zero attached hydrogens (tertiary/aromatic N) is 1. The monoisotopic (exact) mass is 359 g/mol. The fourth-order valence-corrected chi connectivity index (χ4v) is 3.49. The van der Waals surface area contributed by atoms with Crippen molar-refractivity contribution < 1.29 is 4.79 Å².